The van der Waals surface area contributed by atoms with E-state index in [1.165, 1.54) is 31.9 Å². The molecule has 4 saturated carbocycles. The van der Waals surface area contributed by atoms with Crippen molar-refractivity contribution >= 4 is 17.6 Å². The summed E-state index contributed by atoms with van der Waals surface area (Å²) in [7, 11) is 1.53. The predicted molar refractivity (Wildman–Crippen MR) is 86.6 cm³/mol. The van der Waals surface area contributed by atoms with Crippen LogP contribution >= 0.6 is 11.6 Å². The SMILES string of the molecule is COC(=O)C12C[C@H]3C[C@@H](C1)CC(C(Cl)c1ccccc1)(C3)C2. The summed E-state index contributed by atoms with van der Waals surface area (Å²) in [5.41, 5.74) is 1.01. The van der Waals surface area contributed by atoms with Crippen LogP contribution in [0.1, 0.15) is 49.5 Å². The number of esters is 1. The zero-order chi connectivity index (χ0) is 15.4. The summed E-state index contributed by atoms with van der Waals surface area (Å²) in [5.74, 6) is 1.29. The molecule has 3 unspecified atom stereocenters. The first-order valence-electron chi connectivity index (χ1n) is 8.34. The molecule has 1 aromatic carbocycles. The molecule has 2 nitrogen and oxygen atoms in total. The molecule has 0 saturated heterocycles. The van der Waals surface area contributed by atoms with Crippen LogP contribution in [0, 0.1) is 22.7 Å². The van der Waals surface area contributed by atoms with Gasteiger partial charge in [0.1, 0.15) is 0 Å². The van der Waals surface area contributed by atoms with Crippen LogP contribution in [0.3, 0.4) is 0 Å². The molecule has 0 amide bonds. The number of hydrogen-bond acceptors (Lipinski definition) is 2. The van der Waals surface area contributed by atoms with Crippen molar-refractivity contribution in [2.75, 3.05) is 7.11 Å². The van der Waals surface area contributed by atoms with Gasteiger partial charge in [0, 0.05) is 0 Å². The smallest absolute Gasteiger partial charge is 0.311 e. The van der Waals surface area contributed by atoms with Crippen LogP contribution < -0.4 is 0 Å². The summed E-state index contributed by atoms with van der Waals surface area (Å²) in [4.78, 5) is 12.5. The van der Waals surface area contributed by atoms with Crippen molar-refractivity contribution in [2.45, 2.75) is 43.9 Å². The molecule has 4 aliphatic rings. The molecule has 0 heterocycles. The van der Waals surface area contributed by atoms with Gasteiger partial charge in [0.25, 0.3) is 0 Å². The van der Waals surface area contributed by atoms with E-state index in [9.17, 15) is 4.79 Å². The van der Waals surface area contributed by atoms with Gasteiger partial charge in [-0.05, 0) is 61.3 Å². The largest absolute Gasteiger partial charge is 0.469 e. The predicted octanol–water partition coefficient (Wildman–Crippen LogP) is 4.73. The van der Waals surface area contributed by atoms with Gasteiger partial charge in [-0.2, -0.15) is 0 Å². The number of halogens is 1. The number of alkyl halides is 1. The lowest BCUT2D eigenvalue weighted by molar-refractivity contribution is -0.178. The molecule has 3 heteroatoms. The summed E-state index contributed by atoms with van der Waals surface area (Å²) in [6.07, 6.45) is 6.55. The molecule has 118 valence electrons. The molecular weight excluding hydrogens is 296 g/mol. The Hall–Kier alpha value is -1.02. The van der Waals surface area contributed by atoms with E-state index in [1.807, 2.05) is 6.07 Å². The van der Waals surface area contributed by atoms with Crippen LogP contribution in [-0.4, -0.2) is 13.1 Å². The van der Waals surface area contributed by atoms with Crippen molar-refractivity contribution in [1.82, 2.24) is 0 Å². The number of hydrogen-bond donors (Lipinski definition) is 0. The van der Waals surface area contributed by atoms with Crippen molar-refractivity contribution in [3.63, 3.8) is 0 Å². The first kappa shape index (κ1) is 14.6. The van der Waals surface area contributed by atoms with E-state index in [2.05, 4.69) is 24.3 Å². The third-order valence-electron chi connectivity index (χ3n) is 6.35. The van der Waals surface area contributed by atoms with Crippen LogP contribution in [0.25, 0.3) is 0 Å². The van der Waals surface area contributed by atoms with E-state index >= 15 is 0 Å². The van der Waals surface area contributed by atoms with Crippen LogP contribution in [-0.2, 0) is 9.53 Å². The van der Waals surface area contributed by atoms with Gasteiger partial charge in [-0.25, -0.2) is 0 Å². The normalized spacial score (nSPS) is 40.5. The standard InChI is InChI=1S/C19H23ClO2/c1-22-17(21)19-10-13-7-14(11-19)9-18(8-13,12-19)16(20)15-5-3-2-4-6-15/h2-6,13-14,16H,7-12H2,1H3/t13-,14+,16?,18?,19?. The average Bonchev–Trinajstić information content (AvgIpc) is 2.53. The van der Waals surface area contributed by atoms with Gasteiger partial charge in [0.2, 0.25) is 0 Å². The van der Waals surface area contributed by atoms with Crippen molar-refractivity contribution in [2.24, 2.45) is 22.7 Å². The van der Waals surface area contributed by atoms with Crippen LogP contribution in [0.2, 0.25) is 0 Å². The van der Waals surface area contributed by atoms with Gasteiger partial charge in [0.15, 0.2) is 0 Å². The Morgan fingerprint density at radius 1 is 1.18 bits per heavy atom. The van der Waals surface area contributed by atoms with E-state index in [0.717, 1.165) is 19.3 Å². The van der Waals surface area contributed by atoms with Gasteiger partial charge in [-0.1, -0.05) is 30.3 Å². The molecular formula is C19H23ClO2. The fraction of sp³-hybridized carbons (Fsp3) is 0.632. The average molecular weight is 319 g/mol. The summed E-state index contributed by atoms with van der Waals surface area (Å²) < 4.78 is 5.18. The molecule has 1 aromatic rings. The van der Waals surface area contributed by atoms with E-state index in [4.69, 9.17) is 16.3 Å². The van der Waals surface area contributed by atoms with Crippen molar-refractivity contribution in [3.05, 3.63) is 35.9 Å². The second-order valence-corrected chi connectivity index (χ2v) is 8.30. The molecule has 0 aromatic heterocycles. The Morgan fingerprint density at radius 3 is 2.41 bits per heavy atom. The minimum atomic E-state index is -0.263. The van der Waals surface area contributed by atoms with E-state index in [-0.39, 0.29) is 22.2 Å². The third-order valence-corrected chi connectivity index (χ3v) is 7.07. The maximum Gasteiger partial charge on any atom is 0.311 e. The Balaban J connectivity index is 1.71. The monoisotopic (exact) mass is 318 g/mol. The summed E-state index contributed by atoms with van der Waals surface area (Å²) in [6.45, 7) is 0. The molecule has 0 spiro atoms. The lowest BCUT2D eigenvalue weighted by Gasteiger charge is -2.62. The van der Waals surface area contributed by atoms with E-state index in [1.54, 1.807) is 0 Å². The summed E-state index contributed by atoms with van der Waals surface area (Å²) >= 11 is 6.98. The lowest BCUT2D eigenvalue weighted by Crippen LogP contribution is -2.56. The zero-order valence-corrected chi connectivity index (χ0v) is 13.8. The molecule has 4 fully saturated rings. The molecule has 0 N–H and O–H groups in total. The zero-order valence-electron chi connectivity index (χ0n) is 13.1. The Bertz CT molecular complexity index is 568. The highest BCUT2D eigenvalue weighted by Crippen LogP contribution is 2.69. The Morgan fingerprint density at radius 2 is 1.82 bits per heavy atom. The third kappa shape index (κ3) is 2.03. The summed E-state index contributed by atoms with van der Waals surface area (Å²) in [5, 5.41) is 0.00336. The van der Waals surface area contributed by atoms with Crippen LogP contribution in [0.15, 0.2) is 30.3 Å². The molecule has 0 radical (unpaired) electrons. The fourth-order valence-corrected chi connectivity index (χ4v) is 6.46. The van der Waals surface area contributed by atoms with Crippen LogP contribution in [0.4, 0.5) is 0 Å². The van der Waals surface area contributed by atoms with Gasteiger partial charge < -0.3 is 4.74 Å². The fourth-order valence-electron chi connectivity index (χ4n) is 6.06. The minimum absolute atomic E-state index is 0.00269. The quantitative estimate of drug-likeness (QED) is 0.595. The highest BCUT2D eigenvalue weighted by molar-refractivity contribution is 6.21. The Labute approximate surface area is 137 Å². The van der Waals surface area contributed by atoms with Gasteiger partial charge in [-0.3, -0.25) is 4.79 Å². The number of carbonyl (C=O) groups excluding carboxylic acids is 1. The lowest BCUT2D eigenvalue weighted by atomic mass is 9.43. The van der Waals surface area contributed by atoms with Gasteiger partial charge >= 0.3 is 5.97 Å². The van der Waals surface area contributed by atoms with E-state index in [0.29, 0.717) is 11.8 Å². The van der Waals surface area contributed by atoms with Crippen molar-refractivity contribution in [3.8, 4) is 0 Å². The van der Waals surface area contributed by atoms with Gasteiger partial charge in [0.05, 0.1) is 17.9 Å². The number of benzene rings is 1. The van der Waals surface area contributed by atoms with Crippen molar-refractivity contribution < 1.29 is 9.53 Å². The number of rotatable bonds is 3. The number of methoxy groups -OCH3 is 1. The highest BCUT2D eigenvalue weighted by Gasteiger charge is 2.63. The van der Waals surface area contributed by atoms with E-state index < -0.39 is 0 Å². The first-order valence-corrected chi connectivity index (χ1v) is 8.78. The maximum atomic E-state index is 12.5. The maximum absolute atomic E-state index is 12.5. The molecule has 4 aliphatic carbocycles. The topological polar surface area (TPSA) is 26.3 Å². The van der Waals surface area contributed by atoms with Crippen molar-refractivity contribution in [1.29, 1.82) is 0 Å². The highest BCUT2D eigenvalue weighted by atomic mass is 35.5. The first-order chi connectivity index (χ1) is 10.6. The molecule has 5 rings (SSSR count). The molecule has 4 bridgehead atoms. The van der Waals surface area contributed by atoms with Gasteiger partial charge in [-0.15, -0.1) is 11.6 Å². The molecule has 5 atom stereocenters. The Kier molecular flexibility index (Phi) is 3.30. The summed E-state index contributed by atoms with van der Waals surface area (Å²) in [6, 6.07) is 10.4. The molecule has 22 heavy (non-hydrogen) atoms. The van der Waals surface area contributed by atoms with Crippen LogP contribution in [0.5, 0.6) is 0 Å². The number of carbonyl (C=O) groups is 1. The second-order valence-electron chi connectivity index (χ2n) is 7.87. The number of ether oxygens (including phenoxy) is 1. The molecule has 0 aliphatic heterocycles. The second kappa shape index (κ2) is 4.99. The minimum Gasteiger partial charge on any atom is -0.469 e.